The van der Waals surface area contributed by atoms with Crippen molar-refractivity contribution in [2.45, 2.75) is 26.9 Å². The van der Waals surface area contributed by atoms with Gasteiger partial charge in [0, 0.05) is 12.3 Å². The van der Waals surface area contributed by atoms with Crippen molar-refractivity contribution >= 4 is 11.6 Å². The van der Waals surface area contributed by atoms with Crippen LogP contribution >= 0.6 is 0 Å². The van der Waals surface area contributed by atoms with E-state index in [1.807, 2.05) is 37.3 Å². The van der Waals surface area contributed by atoms with Crippen LogP contribution in [-0.4, -0.2) is 22.0 Å². The normalized spacial score (nSPS) is 10.7. The molecule has 0 amide bonds. The van der Waals surface area contributed by atoms with Gasteiger partial charge < -0.3 is 9.47 Å². The Balaban J connectivity index is 1.58. The minimum Gasteiger partial charge on any atom is -0.482 e. The van der Waals surface area contributed by atoms with E-state index in [9.17, 15) is 9.59 Å². The summed E-state index contributed by atoms with van der Waals surface area (Å²) in [6, 6.07) is 12.5. The van der Waals surface area contributed by atoms with Gasteiger partial charge in [-0.05, 0) is 42.7 Å². The molecule has 0 saturated heterocycles. The summed E-state index contributed by atoms with van der Waals surface area (Å²) in [6.07, 6.45) is 2.67. The first-order valence-electron chi connectivity index (χ1n) is 8.41. The van der Waals surface area contributed by atoms with E-state index in [-0.39, 0.29) is 18.8 Å². The van der Waals surface area contributed by atoms with E-state index in [1.165, 1.54) is 16.0 Å². The number of ether oxygens (including phenoxy) is 2. The lowest BCUT2D eigenvalue weighted by Crippen LogP contribution is -2.18. The molecule has 0 saturated carbocycles. The van der Waals surface area contributed by atoms with Gasteiger partial charge in [0.2, 0.25) is 0 Å². The first kappa shape index (κ1) is 17.7. The Hall–Kier alpha value is -3.15. The highest BCUT2D eigenvalue weighted by Crippen LogP contribution is 2.12. The molecule has 3 rings (SSSR count). The number of hydrogen-bond donors (Lipinski definition) is 0. The minimum atomic E-state index is -0.518. The predicted molar refractivity (Wildman–Crippen MR) is 97.3 cm³/mol. The molecule has 6 nitrogen and oxygen atoms in total. The number of aryl methyl sites for hydroxylation is 2. The molecule has 26 heavy (non-hydrogen) atoms. The summed E-state index contributed by atoms with van der Waals surface area (Å²) in [5, 5.41) is 0. The second kappa shape index (κ2) is 7.82. The molecule has 2 aromatic heterocycles. The Morgan fingerprint density at radius 3 is 2.65 bits per heavy atom. The zero-order valence-corrected chi connectivity index (χ0v) is 14.8. The number of aromatic nitrogens is 2. The van der Waals surface area contributed by atoms with E-state index in [1.54, 1.807) is 12.3 Å². The first-order chi connectivity index (χ1) is 12.5. The molecule has 0 aliphatic rings. The van der Waals surface area contributed by atoms with Crippen LogP contribution in [0.1, 0.15) is 23.7 Å². The van der Waals surface area contributed by atoms with Gasteiger partial charge in [0.1, 0.15) is 18.0 Å². The number of nitrogens with zero attached hydrogens (tertiary/aromatic N) is 2. The maximum absolute atomic E-state index is 12.1. The zero-order valence-electron chi connectivity index (χ0n) is 14.8. The van der Waals surface area contributed by atoms with Gasteiger partial charge in [-0.15, -0.1) is 0 Å². The van der Waals surface area contributed by atoms with Gasteiger partial charge in [0.05, 0.1) is 5.69 Å². The lowest BCUT2D eigenvalue weighted by atomic mass is 10.2. The number of pyridine rings is 1. The van der Waals surface area contributed by atoms with Crippen LogP contribution in [0.3, 0.4) is 0 Å². The maximum atomic E-state index is 12.1. The Morgan fingerprint density at radius 2 is 1.92 bits per heavy atom. The van der Waals surface area contributed by atoms with E-state index in [2.05, 4.69) is 11.9 Å². The van der Waals surface area contributed by atoms with Crippen LogP contribution in [0.4, 0.5) is 0 Å². The highest BCUT2D eigenvalue weighted by molar-refractivity contribution is 5.71. The topological polar surface area (TPSA) is 69.9 Å². The molecule has 0 fully saturated rings. The number of hydrogen-bond acceptors (Lipinski definition) is 5. The van der Waals surface area contributed by atoms with Gasteiger partial charge in [-0.1, -0.05) is 25.1 Å². The molecule has 3 aromatic rings. The number of benzene rings is 1. The third-order valence-corrected chi connectivity index (χ3v) is 3.93. The van der Waals surface area contributed by atoms with E-state index in [4.69, 9.17) is 9.47 Å². The van der Waals surface area contributed by atoms with Gasteiger partial charge in [-0.3, -0.25) is 9.20 Å². The molecule has 0 spiro atoms. The van der Waals surface area contributed by atoms with Crippen molar-refractivity contribution in [1.29, 1.82) is 0 Å². The number of carbonyl (C=O) groups excluding carboxylic acids is 1. The monoisotopic (exact) mass is 352 g/mol. The van der Waals surface area contributed by atoms with Crippen molar-refractivity contribution in [3.63, 3.8) is 0 Å². The summed E-state index contributed by atoms with van der Waals surface area (Å²) in [6.45, 7) is 3.70. The second-order valence-corrected chi connectivity index (χ2v) is 5.97. The van der Waals surface area contributed by atoms with E-state index >= 15 is 0 Å². The smallest absolute Gasteiger partial charge is 0.344 e. The quantitative estimate of drug-likeness (QED) is 0.638. The molecule has 0 atom stereocenters. The van der Waals surface area contributed by atoms with Gasteiger partial charge >= 0.3 is 5.97 Å². The third kappa shape index (κ3) is 4.27. The summed E-state index contributed by atoms with van der Waals surface area (Å²) >= 11 is 0. The average molecular weight is 352 g/mol. The van der Waals surface area contributed by atoms with E-state index in [0.717, 1.165) is 12.0 Å². The highest BCUT2D eigenvalue weighted by atomic mass is 16.6. The Morgan fingerprint density at radius 1 is 1.15 bits per heavy atom. The summed E-state index contributed by atoms with van der Waals surface area (Å²) in [5.41, 5.74) is 2.87. The minimum absolute atomic E-state index is 0.0728. The molecule has 0 radical (unpaired) electrons. The van der Waals surface area contributed by atoms with Crippen molar-refractivity contribution < 1.29 is 14.3 Å². The zero-order chi connectivity index (χ0) is 18.5. The molecule has 0 bridgehead atoms. The highest BCUT2D eigenvalue weighted by Gasteiger charge is 2.08. The molecule has 2 heterocycles. The lowest BCUT2D eigenvalue weighted by molar-refractivity contribution is -0.147. The predicted octanol–water partition coefficient (Wildman–Crippen LogP) is 2.69. The lowest BCUT2D eigenvalue weighted by Gasteiger charge is -2.08. The Labute approximate surface area is 151 Å². The standard InChI is InChI=1S/C20H20N2O4/c1-3-15-5-7-17(8-6-15)25-13-20(24)26-12-16-10-19(23)22-11-14(2)4-9-18(22)21-16/h4-11H,3,12-13H2,1-2H3. The third-order valence-electron chi connectivity index (χ3n) is 3.93. The summed E-state index contributed by atoms with van der Waals surface area (Å²) in [5.74, 6) is 0.0899. The van der Waals surface area contributed by atoms with Crippen molar-refractivity contribution in [1.82, 2.24) is 9.38 Å². The van der Waals surface area contributed by atoms with Crippen LogP contribution in [0.15, 0.2) is 53.5 Å². The summed E-state index contributed by atoms with van der Waals surface area (Å²) in [7, 11) is 0. The number of rotatable bonds is 6. The van der Waals surface area contributed by atoms with Crippen LogP contribution in [0.25, 0.3) is 5.65 Å². The molecule has 0 unspecified atom stereocenters. The van der Waals surface area contributed by atoms with Gasteiger partial charge in [0.15, 0.2) is 6.61 Å². The fraction of sp³-hybridized carbons (Fsp3) is 0.250. The molecule has 0 aliphatic heterocycles. The van der Waals surface area contributed by atoms with E-state index < -0.39 is 5.97 Å². The van der Waals surface area contributed by atoms with E-state index in [0.29, 0.717) is 17.1 Å². The molecule has 0 N–H and O–H groups in total. The molecule has 134 valence electrons. The molecule has 1 aromatic carbocycles. The largest absolute Gasteiger partial charge is 0.482 e. The molecule has 0 aliphatic carbocycles. The van der Waals surface area contributed by atoms with Crippen LogP contribution in [0.2, 0.25) is 0 Å². The molecule has 6 heteroatoms. The number of carbonyl (C=O) groups is 1. The van der Waals surface area contributed by atoms with Crippen LogP contribution in [0, 0.1) is 6.92 Å². The fourth-order valence-corrected chi connectivity index (χ4v) is 2.49. The Bertz CT molecular complexity index is 977. The van der Waals surface area contributed by atoms with Crippen LogP contribution in [0.5, 0.6) is 5.75 Å². The van der Waals surface area contributed by atoms with Gasteiger partial charge in [-0.2, -0.15) is 0 Å². The molecular weight excluding hydrogens is 332 g/mol. The summed E-state index contributed by atoms with van der Waals surface area (Å²) < 4.78 is 12.0. The second-order valence-electron chi connectivity index (χ2n) is 5.97. The SMILES string of the molecule is CCc1ccc(OCC(=O)OCc2cc(=O)n3cc(C)ccc3n2)cc1. The molecular formula is C20H20N2O4. The number of fused-ring (bicyclic) bond motifs is 1. The number of esters is 1. The van der Waals surface area contributed by atoms with Crippen LogP contribution in [-0.2, 0) is 22.6 Å². The summed E-state index contributed by atoms with van der Waals surface area (Å²) in [4.78, 5) is 28.3. The van der Waals surface area contributed by atoms with Crippen molar-refractivity contribution in [3.05, 3.63) is 75.8 Å². The maximum Gasteiger partial charge on any atom is 0.344 e. The van der Waals surface area contributed by atoms with Gasteiger partial charge in [0.25, 0.3) is 5.56 Å². The first-order valence-corrected chi connectivity index (χ1v) is 8.41. The Kier molecular flexibility index (Phi) is 5.31. The van der Waals surface area contributed by atoms with Crippen LogP contribution < -0.4 is 10.3 Å². The van der Waals surface area contributed by atoms with Crippen molar-refractivity contribution in [2.24, 2.45) is 0 Å². The fourth-order valence-electron chi connectivity index (χ4n) is 2.49. The van der Waals surface area contributed by atoms with Crippen molar-refractivity contribution in [2.75, 3.05) is 6.61 Å². The average Bonchev–Trinajstić information content (AvgIpc) is 2.65. The van der Waals surface area contributed by atoms with Crippen molar-refractivity contribution in [3.8, 4) is 5.75 Å². The van der Waals surface area contributed by atoms with Gasteiger partial charge in [-0.25, -0.2) is 9.78 Å².